The highest BCUT2D eigenvalue weighted by atomic mass is 16.5. The lowest BCUT2D eigenvalue weighted by Crippen LogP contribution is -2.17. The van der Waals surface area contributed by atoms with Gasteiger partial charge < -0.3 is 10.5 Å². The van der Waals surface area contributed by atoms with Crippen LogP contribution in [0.1, 0.15) is 30.3 Å². The molecule has 3 N–H and O–H groups in total. The zero-order valence-electron chi connectivity index (χ0n) is 10.1. The number of H-pyrrole nitrogens is 1. The van der Waals surface area contributed by atoms with Gasteiger partial charge in [-0.2, -0.15) is 0 Å². The Morgan fingerprint density at radius 1 is 1.56 bits per heavy atom. The highest BCUT2D eigenvalue weighted by molar-refractivity contribution is 5.40. The predicted octanol–water partition coefficient (Wildman–Crippen LogP) is 0.375. The summed E-state index contributed by atoms with van der Waals surface area (Å²) in [6.45, 7) is 1.27. The van der Waals surface area contributed by atoms with Gasteiger partial charge in [0.05, 0.1) is 11.8 Å². The number of hydrogen-bond donors (Lipinski definition) is 2. The molecule has 1 fully saturated rings. The average molecular weight is 248 g/mol. The molecule has 0 bridgehead atoms. The largest absolute Gasteiger partial charge is 0.372 e. The summed E-state index contributed by atoms with van der Waals surface area (Å²) in [5.74, 6) is 0. The van der Waals surface area contributed by atoms with Crippen LogP contribution in [0.5, 0.6) is 0 Å². The van der Waals surface area contributed by atoms with E-state index in [4.69, 9.17) is 10.5 Å². The van der Waals surface area contributed by atoms with E-state index in [-0.39, 0.29) is 11.7 Å². The van der Waals surface area contributed by atoms with Crippen molar-refractivity contribution in [1.29, 1.82) is 0 Å². The van der Waals surface area contributed by atoms with Crippen LogP contribution in [0.25, 0.3) is 5.65 Å². The summed E-state index contributed by atoms with van der Waals surface area (Å²) in [6.07, 6.45) is 2.72. The molecule has 0 spiro atoms. The molecule has 1 unspecified atom stereocenters. The third-order valence-electron chi connectivity index (χ3n) is 3.20. The van der Waals surface area contributed by atoms with Gasteiger partial charge in [-0.15, -0.1) is 0 Å². The summed E-state index contributed by atoms with van der Waals surface area (Å²) in [5.41, 5.74) is 7.67. The SMILES string of the molecule is NCCc1cc(=O)n2[nH]c(C3CCCO3)cc2n1. The quantitative estimate of drug-likeness (QED) is 0.822. The van der Waals surface area contributed by atoms with E-state index in [9.17, 15) is 4.79 Å². The van der Waals surface area contributed by atoms with Crippen LogP contribution in [-0.2, 0) is 11.2 Å². The molecule has 18 heavy (non-hydrogen) atoms. The highest BCUT2D eigenvalue weighted by Gasteiger charge is 2.20. The van der Waals surface area contributed by atoms with Crippen LogP contribution in [0.2, 0.25) is 0 Å². The monoisotopic (exact) mass is 248 g/mol. The summed E-state index contributed by atoms with van der Waals surface area (Å²) >= 11 is 0. The Labute approximate surface area is 104 Å². The Kier molecular flexibility index (Phi) is 2.89. The lowest BCUT2D eigenvalue weighted by atomic mass is 10.2. The van der Waals surface area contributed by atoms with Crippen LogP contribution in [0, 0.1) is 0 Å². The molecule has 0 aromatic carbocycles. The summed E-state index contributed by atoms with van der Waals surface area (Å²) in [4.78, 5) is 16.3. The van der Waals surface area contributed by atoms with E-state index in [0.717, 1.165) is 30.8 Å². The fourth-order valence-electron chi connectivity index (χ4n) is 2.32. The second kappa shape index (κ2) is 4.55. The Hall–Kier alpha value is -1.66. The van der Waals surface area contributed by atoms with Crippen molar-refractivity contribution in [3.8, 4) is 0 Å². The Balaban J connectivity index is 2.05. The van der Waals surface area contributed by atoms with E-state index in [0.29, 0.717) is 18.6 Å². The first-order valence-corrected chi connectivity index (χ1v) is 6.21. The smallest absolute Gasteiger partial charge is 0.272 e. The first-order valence-electron chi connectivity index (χ1n) is 6.21. The topological polar surface area (TPSA) is 85.4 Å². The maximum Gasteiger partial charge on any atom is 0.272 e. The van der Waals surface area contributed by atoms with Crippen molar-refractivity contribution in [1.82, 2.24) is 14.6 Å². The number of fused-ring (bicyclic) bond motifs is 1. The van der Waals surface area contributed by atoms with Gasteiger partial charge >= 0.3 is 0 Å². The molecule has 0 aliphatic carbocycles. The van der Waals surface area contributed by atoms with E-state index in [1.54, 1.807) is 0 Å². The maximum atomic E-state index is 11.9. The zero-order chi connectivity index (χ0) is 12.5. The third-order valence-corrected chi connectivity index (χ3v) is 3.20. The van der Waals surface area contributed by atoms with E-state index in [1.807, 2.05) is 6.07 Å². The van der Waals surface area contributed by atoms with Gasteiger partial charge in [0.25, 0.3) is 5.56 Å². The molecule has 6 nitrogen and oxygen atoms in total. The minimum Gasteiger partial charge on any atom is -0.372 e. The van der Waals surface area contributed by atoms with Crippen LogP contribution in [0.15, 0.2) is 16.9 Å². The second-order valence-electron chi connectivity index (χ2n) is 4.53. The van der Waals surface area contributed by atoms with E-state index in [2.05, 4.69) is 10.1 Å². The number of ether oxygens (including phenoxy) is 1. The van der Waals surface area contributed by atoms with Crippen LogP contribution in [0.3, 0.4) is 0 Å². The minimum atomic E-state index is -0.104. The molecule has 6 heteroatoms. The fraction of sp³-hybridized carbons (Fsp3) is 0.500. The van der Waals surface area contributed by atoms with E-state index in [1.165, 1.54) is 10.6 Å². The van der Waals surface area contributed by atoms with Crippen molar-refractivity contribution in [2.45, 2.75) is 25.4 Å². The molecule has 2 aromatic rings. The molecule has 1 atom stereocenters. The molecule has 3 rings (SSSR count). The van der Waals surface area contributed by atoms with Gasteiger partial charge in [0, 0.05) is 30.9 Å². The van der Waals surface area contributed by atoms with Crippen LogP contribution < -0.4 is 11.3 Å². The van der Waals surface area contributed by atoms with Crippen LogP contribution >= 0.6 is 0 Å². The van der Waals surface area contributed by atoms with Crippen molar-refractivity contribution in [3.63, 3.8) is 0 Å². The number of aromatic amines is 1. The molecule has 0 amide bonds. The lowest BCUT2D eigenvalue weighted by Gasteiger charge is -2.04. The summed E-state index contributed by atoms with van der Waals surface area (Å²) in [7, 11) is 0. The molecule has 96 valence electrons. The van der Waals surface area contributed by atoms with Crippen LogP contribution in [0.4, 0.5) is 0 Å². The Morgan fingerprint density at radius 3 is 3.17 bits per heavy atom. The number of rotatable bonds is 3. The van der Waals surface area contributed by atoms with E-state index < -0.39 is 0 Å². The molecule has 1 saturated heterocycles. The number of nitrogens with one attached hydrogen (secondary N) is 1. The van der Waals surface area contributed by atoms with E-state index >= 15 is 0 Å². The van der Waals surface area contributed by atoms with Gasteiger partial charge in [-0.05, 0) is 19.4 Å². The van der Waals surface area contributed by atoms with Crippen molar-refractivity contribution < 1.29 is 4.74 Å². The number of aromatic nitrogens is 3. The molecular weight excluding hydrogens is 232 g/mol. The molecule has 0 saturated carbocycles. The van der Waals surface area contributed by atoms with Gasteiger partial charge in [-0.1, -0.05) is 0 Å². The molecule has 3 heterocycles. The van der Waals surface area contributed by atoms with Gasteiger partial charge in [-0.25, -0.2) is 9.50 Å². The Bertz CT molecular complexity index is 610. The van der Waals surface area contributed by atoms with Crippen molar-refractivity contribution in [2.75, 3.05) is 13.2 Å². The van der Waals surface area contributed by atoms with Crippen molar-refractivity contribution in [2.24, 2.45) is 5.73 Å². The highest BCUT2D eigenvalue weighted by Crippen LogP contribution is 2.27. The molecular formula is C12H16N4O2. The maximum absolute atomic E-state index is 11.9. The number of nitrogens with two attached hydrogens (primary N) is 1. The van der Waals surface area contributed by atoms with Gasteiger partial charge in [-0.3, -0.25) is 9.89 Å². The standard InChI is InChI=1S/C12H16N4O2/c13-4-3-8-6-12(17)16-11(14-8)7-9(15-16)10-2-1-5-18-10/h6-7,10,15H,1-5,13H2. The number of hydrogen-bond acceptors (Lipinski definition) is 4. The molecule has 1 aliphatic rings. The summed E-state index contributed by atoms with van der Waals surface area (Å²) < 4.78 is 7.05. The third kappa shape index (κ3) is 1.93. The second-order valence-corrected chi connectivity index (χ2v) is 4.53. The molecule has 0 radical (unpaired) electrons. The number of nitrogens with zero attached hydrogens (tertiary/aromatic N) is 2. The van der Waals surface area contributed by atoms with Gasteiger partial charge in [0.1, 0.15) is 0 Å². The predicted molar refractivity (Wildman–Crippen MR) is 66.5 cm³/mol. The summed E-state index contributed by atoms with van der Waals surface area (Å²) in [6, 6.07) is 3.41. The first kappa shape index (κ1) is 11.4. The minimum absolute atomic E-state index is 0.0593. The average Bonchev–Trinajstić information content (AvgIpc) is 2.97. The lowest BCUT2D eigenvalue weighted by molar-refractivity contribution is 0.108. The zero-order valence-corrected chi connectivity index (χ0v) is 10.1. The van der Waals surface area contributed by atoms with Crippen LogP contribution in [-0.4, -0.2) is 27.7 Å². The molecule has 2 aromatic heterocycles. The first-order chi connectivity index (χ1) is 8.78. The van der Waals surface area contributed by atoms with Crippen molar-refractivity contribution in [3.05, 3.63) is 33.9 Å². The van der Waals surface area contributed by atoms with Crippen molar-refractivity contribution >= 4 is 5.65 Å². The van der Waals surface area contributed by atoms with Gasteiger partial charge in [0.15, 0.2) is 5.65 Å². The van der Waals surface area contributed by atoms with Gasteiger partial charge in [0.2, 0.25) is 0 Å². The fourth-order valence-corrected chi connectivity index (χ4v) is 2.32. The Morgan fingerprint density at radius 2 is 2.44 bits per heavy atom. The molecule has 1 aliphatic heterocycles. The normalized spacial score (nSPS) is 19.7. The summed E-state index contributed by atoms with van der Waals surface area (Å²) in [5, 5.41) is 3.06.